The highest BCUT2D eigenvalue weighted by atomic mass is 35.5. The van der Waals surface area contributed by atoms with Gasteiger partial charge in [0, 0.05) is 43.3 Å². The van der Waals surface area contributed by atoms with Gasteiger partial charge in [-0.25, -0.2) is 0 Å². The number of halogens is 1. The zero-order valence-corrected chi connectivity index (χ0v) is 18.7. The van der Waals surface area contributed by atoms with Crippen LogP contribution >= 0.6 is 11.6 Å². The average Bonchev–Trinajstić information content (AvgIpc) is 3.21. The molecule has 1 heterocycles. The van der Waals surface area contributed by atoms with Crippen molar-refractivity contribution < 1.29 is 9.53 Å². The molecule has 4 rings (SSSR count). The lowest BCUT2D eigenvalue weighted by Gasteiger charge is -2.23. The number of rotatable bonds is 7. The fourth-order valence-corrected chi connectivity index (χ4v) is 4.64. The van der Waals surface area contributed by atoms with Gasteiger partial charge in [0.05, 0.1) is 13.2 Å². The van der Waals surface area contributed by atoms with Crippen LogP contribution in [0.3, 0.4) is 0 Å². The van der Waals surface area contributed by atoms with Crippen LogP contribution in [-0.4, -0.2) is 43.6 Å². The highest BCUT2D eigenvalue weighted by Gasteiger charge is 2.36. The van der Waals surface area contributed by atoms with Crippen LogP contribution in [0.1, 0.15) is 17.5 Å². The SMILES string of the molecule is CNC(=O)[C@@H]1C[C@H](NCc2c(OC)ccc3ccccc23)CN1Cc1ccccc1Cl. The zero-order valence-electron chi connectivity index (χ0n) is 17.9. The lowest BCUT2D eigenvalue weighted by Crippen LogP contribution is -2.41. The minimum Gasteiger partial charge on any atom is -0.496 e. The van der Waals surface area contributed by atoms with E-state index in [0.29, 0.717) is 13.1 Å². The molecule has 3 aromatic rings. The Morgan fingerprint density at radius 2 is 1.90 bits per heavy atom. The Balaban J connectivity index is 1.51. The lowest BCUT2D eigenvalue weighted by molar-refractivity contribution is -0.125. The van der Waals surface area contributed by atoms with Crippen LogP contribution in [0.15, 0.2) is 60.7 Å². The Bertz CT molecular complexity index is 1070. The highest BCUT2D eigenvalue weighted by molar-refractivity contribution is 6.31. The molecule has 5 nitrogen and oxygen atoms in total. The Labute approximate surface area is 188 Å². The number of methoxy groups -OCH3 is 1. The highest BCUT2D eigenvalue weighted by Crippen LogP contribution is 2.29. The molecule has 0 radical (unpaired) electrons. The predicted octanol–water partition coefficient (Wildman–Crippen LogP) is 3.98. The summed E-state index contributed by atoms with van der Waals surface area (Å²) in [6.45, 7) is 2.10. The van der Waals surface area contributed by atoms with Gasteiger partial charge in [0.25, 0.3) is 0 Å². The third-order valence-corrected chi connectivity index (χ3v) is 6.44. The van der Waals surface area contributed by atoms with Gasteiger partial charge in [0.2, 0.25) is 5.91 Å². The van der Waals surface area contributed by atoms with E-state index in [1.165, 1.54) is 10.8 Å². The zero-order chi connectivity index (χ0) is 21.8. The Morgan fingerprint density at radius 1 is 1.13 bits per heavy atom. The van der Waals surface area contributed by atoms with Crippen LogP contribution in [-0.2, 0) is 17.9 Å². The van der Waals surface area contributed by atoms with E-state index in [1.54, 1.807) is 14.2 Å². The van der Waals surface area contributed by atoms with Crippen LogP contribution < -0.4 is 15.4 Å². The number of benzene rings is 3. The van der Waals surface area contributed by atoms with Crippen molar-refractivity contribution in [3.63, 3.8) is 0 Å². The maximum Gasteiger partial charge on any atom is 0.237 e. The number of hydrogen-bond acceptors (Lipinski definition) is 4. The molecule has 0 saturated carbocycles. The van der Waals surface area contributed by atoms with Crippen molar-refractivity contribution in [2.75, 3.05) is 20.7 Å². The Kier molecular flexibility index (Phi) is 6.76. The molecule has 0 bridgehead atoms. The minimum atomic E-state index is -0.187. The van der Waals surface area contributed by atoms with Gasteiger partial charge in [-0.15, -0.1) is 0 Å². The number of carbonyl (C=O) groups excluding carboxylic acids is 1. The topological polar surface area (TPSA) is 53.6 Å². The second-order valence-corrected chi connectivity index (χ2v) is 8.34. The van der Waals surface area contributed by atoms with Crippen molar-refractivity contribution >= 4 is 28.3 Å². The first-order chi connectivity index (χ1) is 15.1. The minimum absolute atomic E-state index is 0.0408. The van der Waals surface area contributed by atoms with E-state index in [-0.39, 0.29) is 18.0 Å². The Morgan fingerprint density at radius 3 is 2.68 bits per heavy atom. The van der Waals surface area contributed by atoms with Crippen molar-refractivity contribution in [3.8, 4) is 5.75 Å². The molecule has 0 spiro atoms. The number of likely N-dealkylation sites (N-methyl/N-ethyl adjacent to an activating group) is 1. The van der Waals surface area contributed by atoms with Crippen LogP contribution in [0, 0.1) is 0 Å². The van der Waals surface area contributed by atoms with Gasteiger partial charge < -0.3 is 15.4 Å². The molecular formula is C25H28ClN3O2. The summed E-state index contributed by atoms with van der Waals surface area (Å²) < 4.78 is 5.63. The molecule has 1 saturated heterocycles. The molecule has 2 atom stereocenters. The van der Waals surface area contributed by atoms with E-state index < -0.39 is 0 Å². The van der Waals surface area contributed by atoms with Crippen LogP contribution in [0.25, 0.3) is 10.8 Å². The molecule has 3 aromatic carbocycles. The lowest BCUT2D eigenvalue weighted by atomic mass is 10.0. The number of nitrogens with one attached hydrogen (secondary N) is 2. The quantitative estimate of drug-likeness (QED) is 0.587. The van der Waals surface area contributed by atoms with E-state index in [0.717, 1.165) is 34.9 Å². The van der Waals surface area contributed by atoms with Crippen molar-refractivity contribution in [1.82, 2.24) is 15.5 Å². The number of nitrogens with zero attached hydrogens (tertiary/aromatic N) is 1. The molecule has 2 N–H and O–H groups in total. The molecule has 0 aliphatic carbocycles. The van der Waals surface area contributed by atoms with E-state index in [4.69, 9.17) is 16.3 Å². The smallest absolute Gasteiger partial charge is 0.237 e. The standard InChI is InChI=1S/C25H28ClN3O2/c1-27-25(30)23-13-19(16-29(23)15-18-8-4-6-10-22(18)26)28-14-21-20-9-5-3-7-17(20)11-12-24(21)31-2/h3-12,19,23,28H,13-16H2,1-2H3,(H,27,30)/t19-,23-/m0/s1. The summed E-state index contributed by atoms with van der Waals surface area (Å²) in [4.78, 5) is 14.8. The fraction of sp³-hybridized carbons (Fsp3) is 0.320. The largest absolute Gasteiger partial charge is 0.496 e. The normalized spacial score (nSPS) is 18.9. The van der Waals surface area contributed by atoms with Crippen molar-refractivity contribution in [3.05, 3.63) is 76.8 Å². The first-order valence-electron chi connectivity index (χ1n) is 10.6. The average molecular weight is 438 g/mol. The van der Waals surface area contributed by atoms with Gasteiger partial charge in [0.1, 0.15) is 5.75 Å². The monoisotopic (exact) mass is 437 g/mol. The number of carbonyl (C=O) groups is 1. The molecule has 6 heteroatoms. The predicted molar refractivity (Wildman–Crippen MR) is 125 cm³/mol. The number of fused-ring (bicyclic) bond motifs is 1. The fourth-order valence-electron chi connectivity index (χ4n) is 4.45. The summed E-state index contributed by atoms with van der Waals surface area (Å²) >= 11 is 6.37. The molecule has 1 aliphatic rings. The van der Waals surface area contributed by atoms with Gasteiger partial charge in [-0.1, -0.05) is 60.1 Å². The van der Waals surface area contributed by atoms with Gasteiger partial charge in [-0.2, -0.15) is 0 Å². The van der Waals surface area contributed by atoms with Gasteiger partial charge in [-0.05, 0) is 34.9 Å². The van der Waals surface area contributed by atoms with Crippen molar-refractivity contribution in [1.29, 1.82) is 0 Å². The number of likely N-dealkylation sites (tertiary alicyclic amines) is 1. The van der Waals surface area contributed by atoms with Gasteiger partial charge >= 0.3 is 0 Å². The summed E-state index contributed by atoms with van der Waals surface area (Å²) in [7, 11) is 3.40. The maximum atomic E-state index is 12.6. The van der Waals surface area contributed by atoms with Crippen molar-refractivity contribution in [2.45, 2.75) is 31.6 Å². The van der Waals surface area contributed by atoms with E-state index in [9.17, 15) is 4.79 Å². The van der Waals surface area contributed by atoms with Crippen LogP contribution in [0.4, 0.5) is 0 Å². The molecule has 1 aliphatic heterocycles. The van der Waals surface area contributed by atoms with E-state index >= 15 is 0 Å². The molecule has 31 heavy (non-hydrogen) atoms. The molecule has 0 unspecified atom stereocenters. The third kappa shape index (κ3) is 4.69. The molecular weight excluding hydrogens is 410 g/mol. The first kappa shape index (κ1) is 21.6. The van der Waals surface area contributed by atoms with Gasteiger partial charge in [-0.3, -0.25) is 9.69 Å². The summed E-state index contributed by atoms with van der Waals surface area (Å²) in [6, 6.07) is 20.3. The van der Waals surface area contributed by atoms with Crippen molar-refractivity contribution in [2.24, 2.45) is 0 Å². The summed E-state index contributed by atoms with van der Waals surface area (Å²) in [6.07, 6.45) is 0.747. The van der Waals surface area contributed by atoms with Crippen LogP contribution in [0.2, 0.25) is 5.02 Å². The first-order valence-corrected chi connectivity index (χ1v) is 11.0. The Hall–Kier alpha value is -2.60. The number of hydrogen-bond donors (Lipinski definition) is 2. The van der Waals surface area contributed by atoms with E-state index in [2.05, 4.69) is 33.7 Å². The van der Waals surface area contributed by atoms with E-state index in [1.807, 2.05) is 42.5 Å². The molecule has 1 fully saturated rings. The summed E-state index contributed by atoms with van der Waals surface area (Å²) in [5.41, 5.74) is 2.18. The summed E-state index contributed by atoms with van der Waals surface area (Å²) in [5.74, 6) is 0.916. The summed E-state index contributed by atoms with van der Waals surface area (Å²) in [5, 5.41) is 9.59. The molecule has 1 amide bonds. The van der Waals surface area contributed by atoms with Gasteiger partial charge in [0.15, 0.2) is 0 Å². The second kappa shape index (κ2) is 9.69. The number of amides is 1. The molecule has 0 aromatic heterocycles. The maximum absolute atomic E-state index is 12.6. The molecule has 162 valence electrons. The van der Waals surface area contributed by atoms with Crippen LogP contribution in [0.5, 0.6) is 5.75 Å². The third-order valence-electron chi connectivity index (χ3n) is 6.07. The second-order valence-electron chi connectivity index (χ2n) is 7.93. The number of ether oxygens (including phenoxy) is 1.